The number of hydrogen-bond acceptors (Lipinski definition) is 0. The molecule has 2 aromatic rings. The van der Waals surface area contributed by atoms with Crippen LogP contribution in [0.3, 0.4) is 0 Å². The van der Waals surface area contributed by atoms with E-state index in [2.05, 4.69) is 69.3 Å². The molecular weight excluding hydrogens is 384 g/mol. The first-order valence-corrected chi connectivity index (χ1v) is 13.9. The fourth-order valence-electron chi connectivity index (χ4n) is 5.70. The monoisotopic (exact) mass is 432 g/mol. The van der Waals surface area contributed by atoms with Gasteiger partial charge in [0.15, 0.2) is 0 Å². The first-order chi connectivity index (χ1) is 15.7. The van der Waals surface area contributed by atoms with Gasteiger partial charge in [0, 0.05) is 0 Å². The Morgan fingerprint density at radius 1 is 0.688 bits per heavy atom. The predicted molar refractivity (Wildman–Crippen MR) is 142 cm³/mol. The zero-order chi connectivity index (χ0) is 22.6. The SMILES string of the molecule is CCCCCCC1CCC(c2ccc(-c3ccc(CC(CC)CCCC)cc3)cc2)CC1. The maximum Gasteiger partial charge on any atom is -0.0162 e. The number of rotatable bonds is 13. The summed E-state index contributed by atoms with van der Waals surface area (Å²) in [6.07, 6.45) is 19.4. The van der Waals surface area contributed by atoms with Crippen molar-refractivity contribution in [2.45, 2.75) is 117 Å². The summed E-state index contributed by atoms with van der Waals surface area (Å²) in [7, 11) is 0. The van der Waals surface area contributed by atoms with Crippen molar-refractivity contribution in [3.63, 3.8) is 0 Å². The van der Waals surface area contributed by atoms with Gasteiger partial charge in [0.2, 0.25) is 0 Å². The van der Waals surface area contributed by atoms with Crippen LogP contribution >= 0.6 is 0 Å². The fraction of sp³-hybridized carbons (Fsp3) is 0.625. The summed E-state index contributed by atoms with van der Waals surface area (Å²) in [5.41, 5.74) is 5.79. The summed E-state index contributed by atoms with van der Waals surface area (Å²) >= 11 is 0. The minimum absolute atomic E-state index is 0.785. The molecule has 1 unspecified atom stereocenters. The molecule has 176 valence electrons. The molecule has 2 aromatic carbocycles. The Hall–Kier alpha value is -1.56. The van der Waals surface area contributed by atoms with E-state index in [1.165, 1.54) is 107 Å². The van der Waals surface area contributed by atoms with Gasteiger partial charge in [-0.1, -0.05) is 127 Å². The van der Waals surface area contributed by atoms with Gasteiger partial charge in [0.25, 0.3) is 0 Å². The van der Waals surface area contributed by atoms with Crippen molar-refractivity contribution in [1.29, 1.82) is 0 Å². The highest BCUT2D eigenvalue weighted by Crippen LogP contribution is 2.38. The first-order valence-electron chi connectivity index (χ1n) is 13.9. The number of unbranched alkanes of at least 4 members (excludes halogenated alkanes) is 4. The third-order valence-electron chi connectivity index (χ3n) is 8.05. The van der Waals surface area contributed by atoms with E-state index in [1.54, 1.807) is 5.56 Å². The topological polar surface area (TPSA) is 0 Å². The molecule has 32 heavy (non-hydrogen) atoms. The van der Waals surface area contributed by atoms with Gasteiger partial charge in [-0.05, 0) is 72.1 Å². The van der Waals surface area contributed by atoms with E-state index in [9.17, 15) is 0 Å². The standard InChI is InChI=1S/C32H48/c1-4-7-9-10-12-27-13-17-29(18-14-27)31-21-23-32(24-22-31)30-19-15-28(16-20-30)25-26(6-3)11-8-5-2/h15-16,19-24,26-27,29H,4-14,17-18,25H2,1-3H3. The highest BCUT2D eigenvalue weighted by atomic mass is 14.3. The summed E-state index contributed by atoms with van der Waals surface area (Å²) in [5, 5.41) is 0. The Kier molecular flexibility index (Phi) is 10.9. The van der Waals surface area contributed by atoms with Crippen LogP contribution in [-0.4, -0.2) is 0 Å². The van der Waals surface area contributed by atoms with E-state index in [0.717, 1.165) is 17.8 Å². The second-order valence-corrected chi connectivity index (χ2v) is 10.5. The third kappa shape index (κ3) is 7.79. The molecule has 0 heteroatoms. The highest BCUT2D eigenvalue weighted by molar-refractivity contribution is 5.64. The summed E-state index contributed by atoms with van der Waals surface area (Å²) in [6.45, 7) is 6.95. The molecule has 1 fully saturated rings. The minimum atomic E-state index is 0.785. The lowest BCUT2D eigenvalue weighted by molar-refractivity contribution is 0.302. The smallest absolute Gasteiger partial charge is 0.0162 e. The summed E-state index contributed by atoms with van der Waals surface area (Å²) in [5.74, 6) is 2.62. The molecule has 1 atom stereocenters. The molecule has 0 saturated heterocycles. The summed E-state index contributed by atoms with van der Waals surface area (Å²) in [4.78, 5) is 0. The van der Waals surface area contributed by atoms with E-state index >= 15 is 0 Å². The molecular formula is C32H48. The zero-order valence-corrected chi connectivity index (χ0v) is 21.3. The van der Waals surface area contributed by atoms with Gasteiger partial charge in [-0.25, -0.2) is 0 Å². The largest absolute Gasteiger partial charge is 0.0654 e. The van der Waals surface area contributed by atoms with Crippen LogP contribution in [0.15, 0.2) is 48.5 Å². The van der Waals surface area contributed by atoms with Crippen molar-refractivity contribution in [1.82, 2.24) is 0 Å². The lowest BCUT2D eigenvalue weighted by Gasteiger charge is -2.29. The van der Waals surface area contributed by atoms with Gasteiger partial charge in [-0.3, -0.25) is 0 Å². The van der Waals surface area contributed by atoms with Gasteiger partial charge in [0.05, 0.1) is 0 Å². The Morgan fingerprint density at radius 2 is 1.31 bits per heavy atom. The molecule has 0 N–H and O–H groups in total. The van der Waals surface area contributed by atoms with Crippen LogP contribution in [0, 0.1) is 11.8 Å². The van der Waals surface area contributed by atoms with E-state index in [0.29, 0.717) is 0 Å². The van der Waals surface area contributed by atoms with Crippen LogP contribution < -0.4 is 0 Å². The molecule has 0 spiro atoms. The molecule has 0 nitrogen and oxygen atoms in total. The molecule has 0 radical (unpaired) electrons. The number of benzene rings is 2. The number of hydrogen-bond donors (Lipinski definition) is 0. The average molecular weight is 433 g/mol. The Balaban J connectivity index is 1.49. The van der Waals surface area contributed by atoms with Crippen LogP contribution in [-0.2, 0) is 6.42 Å². The van der Waals surface area contributed by atoms with E-state index in [4.69, 9.17) is 0 Å². The molecule has 1 aliphatic carbocycles. The van der Waals surface area contributed by atoms with Crippen molar-refractivity contribution in [3.05, 3.63) is 59.7 Å². The highest BCUT2D eigenvalue weighted by Gasteiger charge is 2.22. The van der Waals surface area contributed by atoms with E-state index < -0.39 is 0 Å². The predicted octanol–water partition coefficient (Wildman–Crippen LogP) is 10.4. The fourth-order valence-corrected chi connectivity index (χ4v) is 5.70. The van der Waals surface area contributed by atoms with E-state index in [1.807, 2.05) is 0 Å². The van der Waals surface area contributed by atoms with Crippen LogP contribution in [0.25, 0.3) is 11.1 Å². The second-order valence-electron chi connectivity index (χ2n) is 10.5. The quantitative estimate of drug-likeness (QED) is 0.276. The maximum absolute atomic E-state index is 2.41. The summed E-state index contributed by atoms with van der Waals surface area (Å²) in [6, 6.07) is 18.9. The molecule has 0 heterocycles. The minimum Gasteiger partial charge on any atom is -0.0654 e. The Bertz CT molecular complexity index is 731. The van der Waals surface area contributed by atoms with Gasteiger partial charge >= 0.3 is 0 Å². The normalized spacial score (nSPS) is 19.7. The van der Waals surface area contributed by atoms with E-state index in [-0.39, 0.29) is 0 Å². The second kappa shape index (κ2) is 13.9. The molecule has 0 bridgehead atoms. The molecule has 1 saturated carbocycles. The molecule has 0 amide bonds. The van der Waals surface area contributed by atoms with Crippen LogP contribution in [0.1, 0.15) is 121 Å². The lowest BCUT2D eigenvalue weighted by Crippen LogP contribution is -2.13. The van der Waals surface area contributed by atoms with Crippen LogP contribution in [0.4, 0.5) is 0 Å². The maximum atomic E-state index is 2.41. The molecule has 1 aliphatic rings. The lowest BCUT2D eigenvalue weighted by atomic mass is 9.77. The van der Waals surface area contributed by atoms with Crippen molar-refractivity contribution >= 4 is 0 Å². The van der Waals surface area contributed by atoms with Gasteiger partial charge < -0.3 is 0 Å². The van der Waals surface area contributed by atoms with Crippen molar-refractivity contribution < 1.29 is 0 Å². The molecule has 3 rings (SSSR count). The van der Waals surface area contributed by atoms with Crippen molar-refractivity contribution in [2.75, 3.05) is 0 Å². The molecule has 0 aromatic heterocycles. The van der Waals surface area contributed by atoms with Gasteiger partial charge in [-0.2, -0.15) is 0 Å². The third-order valence-corrected chi connectivity index (χ3v) is 8.05. The van der Waals surface area contributed by atoms with Gasteiger partial charge in [-0.15, -0.1) is 0 Å². The first kappa shape index (κ1) is 25.1. The molecule has 0 aliphatic heterocycles. The average Bonchev–Trinajstić information content (AvgIpc) is 2.85. The van der Waals surface area contributed by atoms with Gasteiger partial charge in [0.1, 0.15) is 0 Å². The Morgan fingerprint density at radius 3 is 1.91 bits per heavy atom. The van der Waals surface area contributed by atoms with Crippen LogP contribution in [0.5, 0.6) is 0 Å². The Labute approximate surface area is 199 Å². The zero-order valence-electron chi connectivity index (χ0n) is 21.3. The summed E-state index contributed by atoms with van der Waals surface area (Å²) < 4.78 is 0. The van der Waals surface area contributed by atoms with Crippen molar-refractivity contribution in [2.24, 2.45) is 11.8 Å². The van der Waals surface area contributed by atoms with Crippen molar-refractivity contribution in [3.8, 4) is 11.1 Å². The van der Waals surface area contributed by atoms with Crippen LogP contribution in [0.2, 0.25) is 0 Å².